The summed E-state index contributed by atoms with van der Waals surface area (Å²) in [6, 6.07) is 0.490. The predicted octanol–water partition coefficient (Wildman–Crippen LogP) is 7.76. The number of carbonyl (C=O) groups is 2. The van der Waals surface area contributed by atoms with Crippen molar-refractivity contribution in [3.8, 4) is 0 Å². The summed E-state index contributed by atoms with van der Waals surface area (Å²) in [4.78, 5) is 25.6. The van der Waals surface area contributed by atoms with E-state index in [0.29, 0.717) is 24.3 Å². The number of hydrogen-bond donors (Lipinski definition) is 1. The van der Waals surface area contributed by atoms with Gasteiger partial charge in [-0.05, 0) is 49.9 Å². The van der Waals surface area contributed by atoms with Crippen molar-refractivity contribution in [3.63, 3.8) is 0 Å². The van der Waals surface area contributed by atoms with Crippen LogP contribution in [0.25, 0.3) is 0 Å². The van der Waals surface area contributed by atoms with Crippen molar-refractivity contribution in [3.05, 3.63) is 0 Å². The fraction of sp³-hybridized carbons (Fsp3) is 0.931. The van der Waals surface area contributed by atoms with Crippen LogP contribution in [-0.2, 0) is 18.8 Å². The number of ether oxygens (including phenoxy) is 1. The van der Waals surface area contributed by atoms with E-state index in [0.717, 1.165) is 12.8 Å². The number of halogens is 1. The summed E-state index contributed by atoms with van der Waals surface area (Å²) < 4.78 is 11.7. The lowest BCUT2D eigenvalue weighted by molar-refractivity contribution is -0.148. The minimum Gasteiger partial charge on any atom is -0.415 e. The van der Waals surface area contributed by atoms with Crippen molar-refractivity contribution in [2.45, 2.75) is 150 Å². The number of carbonyl (C=O) groups excluding carboxylic acids is 2. The third-order valence-electron chi connectivity index (χ3n) is 9.06. The molecule has 0 aromatic carbocycles. The molecule has 0 aromatic rings. The van der Waals surface area contributed by atoms with Crippen LogP contribution in [-0.4, -0.2) is 63.4 Å². The summed E-state index contributed by atoms with van der Waals surface area (Å²) in [5.74, 6) is 0.390. The molecule has 0 saturated carbocycles. The summed E-state index contributed by atoms with van der Waals surface area (Å²) in [6.45, 7) is 35.4. The van der Waals surface area contributed by atoms with Gasteiger partial charge in [0.2, 0.25) is 11.8 Å². The van der Waals surface area contributed by atoms with Crippen LogP contribution in [0.15, 0.2) is 0 Å². The Labute approximate surface area is 267 Å². The molecule has 3 rings (SSSR count). The van der Waals surface area contributed by atoms with Gasteiger partial charge in [0.25, 0.3) is 0 Å². The molecule has 2 amide bonds. The SMILES string of the molecule is CC(C)(C)[Si](C)(C)Cl.CC1(C)C[C@@H](CO[Si](C)(C)C(C)(C)C)NC1=O.CC1(C)C[C@H]2COC(C)(C)N2C1=O.S.S. The highest BCUT2D eigenvalue weighted by Crippen LogP contribution is 2.44. The summed E-state index contributed by atoms with van der Waals surface area (Å²) in [7, 11) is -3.08. The Morgan fingerprint density at radius 1 is 0.900 bits per heavy atom. The molecule has 40 heavy (non-hydrogen) atoms. The third-order valence-corrected chi connectivity index (χ3v) is 18.8. The van der Waals surface area contributed by atoms with Crippen LogP contribution in [0.5, 0.6) is 0 Å². The second-order valence-electron chi connectivity index (χ2n) is 16.2. The van der Waals surface area contributed by atoms with E-state index >= 15 is 0 Å². The first-order chi connectivity index (χ1) is 16.6. The number of hydrogen-bond acceptors (Lipinski definition) is 4. The highest BCUT2D eigenvalue weighted by atomic mass is 35.6. The summed E-state index contributed by atoms with van der Waals surface area (Å²) in [5.41, 5.74) is -0.817. The van der Waals surface area contributed by atoms with Crippen LogP contribution < -0.4 is 5.32 Å². The molecule has 2 atom stereocenters. The van der Waals surface area contributed by atoms with Gasteiger partial charge in [0.15, 0.2) is 15.7 Å². The van der Waals surface area contributed by atoms with Gasteiger partial charge in [0.1, 0.15) is 5.72 Å². The molecular weight excluding hydrogens is 596 g/mol. The van der Waals surface area contributed by atoms with Gasteiger partial charge in [-0.2, -0.15) is 38.1 Å². The van der Waals surface area contributed by atoms with Crippen molar-refractivity contribution >= 4 is 65.6 Å². The quantitative estimate of drug-likeness (QED) is 0.249. The van der Waals surface area contributed by atoms with E-state index < -0.39 is 21.4 Å². The van der Waals surface area contributed by atoms with Gasteiger partial charge in [-0.15, -0.1) is 0 Å². The normalized spacial score (nSPS) is 24.9. The Kier molecular flexibility index (Phi) is 14.8. The fourth-order valence-electron chi connectivity index (χ4n) is 4.21. The second-order valence-corrected chi connectivity index (χ2v) is 28.3. The molecule has 6 nitrogen and oxygen atoms in total. The van der Waals surface area contributed by atoms with Crippen LogP contribution in [0.4, 0.5) is 0 Å². The maximum Gasteiger partial charge on any atom is 0.230 e. The Morgan fingerprint density at radius 2 is 1.35 bits per heavy atom. The van der Waals surface area contributed by atoms with Crippen molar-refractivity contribution < 1.29 is 18.8 Å². The fourth-order valence-corrected chi connectivity index (χ4v) is 5.26. The van der Waals surface area contributed by atoms with Crippen molar-refractivity contribution in [1.29, 1.82) is 0 Å². The zero-order chi connectivity index (χ0) is 30.3. The number of nitrogens with one attached hydrogen (secondary N) is 1. The van der Waals surface area contributed by atoms with Crippen LogP contribution in [0.3, 0.4) is 0 Å². The first-order valence-corrected chi connectivity index (χ1v) is 21.1. The third kappa shape index (κ3) is 10.8. The summed E-state index contributed by atoms with van der Waals surface area (Å²) in [5, 5.41) is 3.60. The molecule has 1 N–H and O–H groups in total. The second kappa shape index (κ2) is 13.9. The number of fused-ring (bicyclic) bond motifs is 1. The Bertz CT molecular complexity index is 852. The van der Waals surface area contributed by atoms with Crippen molar-refractivity contribution in [1.82, 2.24) is 10.2 Å². The number of rotatable bonds is 3. The molecule has 3 aliphatic heterocycles. The predicted molar refractivity (Wildman–Crippen MR) is 186 cm³/mol. The van der Waals surface area contributed by atoms with E-state index in [1.165, 1.54) is 0 Å². The number of nitrogens with zero attached hydrogens (tertiary/aromatic N) is 1. The van der Waals surface area contributed by atoms with Gasteiger partial charge in [0, 0.05) is 10.8 Å². The highest BCUT2D eigenvalue weighted by Gasteiger charge is 2.54. The molecular formula is C29H63ClN2O4S2Si2. The topological polar surface area (TPSA) is 67.9 Å². The van der Waals surface area contributed by atoms with E-state index in [1.54, 1.807) is 0 Å². The molecule has 3 fully saturated rings. The monoisotopic (exact) mass is 658 g/mol. The van der Waals surface area contributed by atoms with E-state index in [4.69, 9.17) is 20.2 Å². The van der Waals surface area contributed by atoms with Gasteiger partial charge < -0.3 is 19.4 Å². The standard InChI is InChI=1S/C13H27NO2Si.C10H17NO2.C6H15ClSi.2H2S/c1-12(2,3)17(6,7)16-9-10-8-13(4,5)11(15)14-10;1-9(2)5-7-6-13-10(3,4)11(7)8(9)12;1-6(2,3)8(4,5)7;;/h10H,8-9H2,1-7H3,(H,14,15);7H,5-6H2,1-4H3;1-5H3;2*1H2/t10-;7-;;;/m00.../s1. The van der Waals surface area contributed by atoms with Crippen LogP contribution in [0.1, 0.15) is 95.9 Å². The van der Waals surface area contributed by atoms with Gasteiger partial charge in [-0.3, -0.25) is 9.59 Å². The summed E-state index contributed by atoms with van der Waals surface area (Å²) >= 11 is 6.15. The van der Waals surface area contributed by atoms with E-state index in [-0.39, 0.29) is 60.7 Å². The lowest BCUT2D eigenvalue weighted by atomic mass is 9.90. The first-order valence-electron chi connectivity index (χ1n) is 14.2. The molecule has 3 saturated heterocycles. The van der Waals surface area contributed by atoms with Gasteiger partial charge in [-0.1, -0.05) is 82.3 Å². The smallest absolute Gasteiger partial charge is 0.230 e. The molecule has 240 valence electrons. The van der Waals surface area contributed by atoms with Crippen molar-refractivity contribution in [2.75, 3.05) is 13.2 Å². The Morgan fingerprint density at radius 3 is 1.68 bits per heavy atom. The molecule has 3 heterocycles. The molecule has 0 aromatic heterocycles. The van der Waals surface area contributed by atoms with Gasteiger partial charge >= 0.3 is 0 Å². The van der Waals surface area contributed by atoms with E-state index in [9.17, 15) is 9.59 Å². The van der Waals surface area contributed by atoms with Crippen molar-refractivity contribution in [2.24, 2.45) is 10.8 Å². The molecule has 0 radical (unpaired) electrons. The zero-order valence-electron chi connectivity index (χ0n) is 28.4. The van der Waals surface area contributed by atoms with E-state index in [2.05, 4.69) is 73.0 Å². The van der Waals surface area contributed by atoms with Gasteiger partial charge in [0.05, 0.1) is 25.3 Å². The van der Waals surface area contributed by atoms with Crippen LogP contribution in [0.2, 0.25) is 36.3 Å². The van der Waals surface area contributed by atoms with Gasteiger partial charge in [-0.25, -0.2) is 0 Å². The van der Waals surface area contributed by atoms with Crippen LogP contribution >= 0.6 is 38.1 Å². The minimum absolute atomic E-state index is 0. The summed E-state index contributed by atoms with van der Waals surface area (Å²) in [6.07, 6.45) is 1.80. The largest absolute Gasteiger partial charge is 0.415 e. The minimum atomic E-state index is -1.69. The van der Waals surface area contributed by atoms with Crippen LogP contribution in [0, 0.1) is 10.8 Å². The molecule has 3 aliphatic rings. The Hall–Kier alpha value is 0.284. The van der Waals surface area contributed by atoms with E-state index in [1.807, 2.05) is 46.4 Å². The lowest BCUT2D eigenvalue weighted by Crippen LogP contribution is -2.45. The maximum absolute atomic E-state index is 12.0. The molecule has 0 unspecified atom stereocenters. The number of amides is 2. The first kappa shape index (κ1) is 42.4. The molecule has 0 bridgehead atoms. The lowest BCUT2D eigenvalue weighted by Gasteiger charge is -2.37. The highest BCUT2D eigenvalue weighted by molar-refractivity contribution is 7.59. The maximum atomic E-state index is 12.0. The molecule has 0 spiro atoms. The molecule has 11 heteroatoms. The zero-order valence-corrected chi connectivity index (χ0v) is 33.2. The average molecular weight is 660 g/mol. The Balaban J connectivity index is 0. The average Bonchev–Trinajstić information content (AvgIpc) is 3.20. The molecule has 0 aliphatic carbocycles.